The van der Waals surface area contributed by atoms with Crippen LogP contribution in [0.3, 0.4) is 0 Å². The van der Waals surface area contributed by atoms with Gasteiger partial charge in [-0.2, -0.15) is 23.1 Å². The Morgan fingerprint density at radius 2 is 1.80 bits per heavy atom. The van der Waals surface area contributed by atoms with E-state index in [2.05, 4.69) is 30.9 Å². The van der Waals surface area contributed by atoms with Crippen molar-refractivity contribution in [3.05, 3.63) is 40.2 Å². The van der Waals surface area contributed by atoms with E-state index in [4.69, 9.17) is 16.3 Å². The first kappa shape index (κ1) is 33.1. The molecule has 0 saturated heterocycles. The number of halogens is 7. The normalized spacial score (nSPS) is 17.5. The van der Waals surface area contributed by atoms with Gasteiger partial charge in [-0.05, 0) is 37.8 Å². The van der Waals surface area contributed by atoms with E-state index in [0.717, 1.165) is 0 Å². The van der Waals surface area contributed by atoms with Crippen molar-refractivity contribution >= 4 is 46.2 Å². The molecule has 1 aliphatic rings. The van der Waals surface area contributed by atoms with Crippen molar-refractivity contribution in [1.82, 2.24) is 25.6 Å². The van der Waals surface area contributed by atoms with Crippen molar-refractivity contribution < 1.29 is 40.7 Å². The summed E-state index contributed by atoms with van der Waals surface area (Å²) in [6.07, 6.45) is -7.34. The van der Waals surface area contributed by atoms with Gasteiger partial charge in [-0.1, -0.05) is 38.4 Å². The number of amides is 2. The minimum absolute atomic E-state index is 0.0110. The molecule has 44 heavy (non-hydrogen) atoms. The van der Waals surface area contributed by atoms with E-state index in [1.807, 2.05) is 0 Å². The number of aromatic amines is 1. The maximum atomic E-state index is 15.4. The van der Waals surface area contributed by atoms with Gasteiger partial charge in [0.2, 0.25) is 17.7 Å². The van der Waals surface area contributed by atoms with Gasteiger partial charge in [-0.25, -0.2) is 13.2 Å². The molecule has 2 amide bonds. The van der Waals surface area contributed by atoms with E-state index in [9.17, 15) is 31.5 Å². The number of nitrogens with one attached hydrogen (secondary N) is 4. The number of aromatic nitrogens is 3. The highest BCUT2D eigenvalue weighted by Gasteiger charge is 2.41. The Bertz CT molecular complexity index is 1520. The SMILES string of the molecule is CC(C)(C)C(=O)NCc1ccc(Cl)c(Nc2nc3nc(OCC(F)F)c(C(=O)N[C@H]4CC[C@H](C(F)(F)F)CC4)cc3[nH]2)c1F. The van der Waals surface area contributed by atoms with Gasteiger partial charge in [-0.15, -0.1) is 0 Å². The van der Waals surface area contributed by atoms with Crippen molar-refractivity contribution in [1.29, 1.82) is 0 Å². The van der Waals surface area contributed by atoms with Gasteiger partial charge in [-0.3, -0.25) is 9.59 Å². The van der Waals surface area contributed by atoms with Crippen LogP contribution in [0.2, 0.25) is 5.02 Å². The van der Waals surface area contributed by atoms with Crippen molar-refractivity contribution in [3.8, 4) is 5.88 Å². The molecule has 0 unspecified atom stereocenters. The molecule has 240 valence electrons. The first-order valence-corrected chi connectivity index (χ1v) is 14.1. The number of anilines is 2. The fraction of sp³-hybridized carbons (Fsp3) is 0.500. The summed E-state index contributed by atoms with van der Waals surface area (Å²) < 4.78 is 85.4. The van der Waals surface area contributed by atoms with Gasteiger partial charge in [0, 0.05) is 23.6 Å². The highest BCUT2D eigenvalue weighted by Crippen LogP contribution is 2.38. The zero-order valence-corrected chi connectivity index (χ0v) is 24.7. The second-order valence-corrected chi connectivity index (χ2v) is 11.9. The Balaban J connectivity index is 1.56. The number of fused-ring (bicyclic) bond motifs is 1. The number of carbonyl (C=O) groups is 2. The van der Waals surface area contributed by atoms with Crippen molar-refractivity contribution in [2.75, 3.05) is 11.9 Å². The highest BCUT2D eigenvalue weighted by atomic mass is 35.5. The van der Waals surface area contributed by atoms with Crippen molar-refractivity contribution in [2.24, 2.45) is 11.3 Å². The number of imidazole rings is 1. The van der Waals surface area contributed by atoms with Crippen molar-refractivity contribution in [2.45, 2.75) is 71.6 Å². The molecule has 0 spiro atoms. The van der Waals surface area contributed by atoms with E-state index >= 15 is 4.39 Å². The molecule has 9 nitrogen and oxygen atoms in total. The second kappa shape index (κ2) is 13.1. The summed E-state index contributed by atoms with van der Waals surface area (Å²) in [6, 6.07) is 3.52. The third-order valence-corrected chi connectivity index (χ3v) is 7.40. The van der Waals surface area contributed by atoms with Crippen LogP contribution < -0.4 is 20.7 Å². The Morgan fingerprint density at radius 3 is 2.41 bits per heavy atom. The molecule has 2 aromatic heterocycles. The zero-order chi connectivity index (χ0) is 32.4. The van der Waals surface area contributed by atoms with Crippen LogP contribution in [0, 0.1) is 17.2 Å². The van der Waals surface area contributed by atoms with Crippen LogP contribution in [0.25, 0.3) is 11.2 Å². The summed E-state index contributed by atoms with van der Waals surface area (Å²) in [5.41, 5.74) is -0.889. The first-order valence-electron chi connectivity index (χ1n) is 13.7. The van der Waals surface area contributed by atoms with E-state index in [1.54, 1.807) is 20.8 Å². The van der Waals surface area contributed by atoms with E-state index < -0.39 is 54.2 Å². The van der Waals surface area contributed by atoms with Crippen LogP contribution in [0.15, 0.2) is 18.2 Å². The predicted octanol–water partition coefficient (Wildman–Crippen LogP) is 6.65. The van der Waals surface area contributed by atoms with Gasteiger partial charge in [0.05, 0.1) is 22.1 Å². The van der Waals surface area contributed by atoms with Crippen LogP contribution in [0.4, 0.5) is 38.0 Å². The van der Waals surface area contributed by atoms with E-state index in [-0.39, 0.29) is 77.1 Å². The lowest BCUT2D eigenvalue weighted by Gasteiger charge is -2.30. The summed E-state index contributed by atoms with van der Waals surface area (Å²) in [6.45, 7) is 3.95. The van der Waals surface area contributed by atoms with Crippen molar-refractivity contribution in [3.63, 3.8) is 0 Å². The number of rotatable bonds is 9. The number of alkyl halides is 5. The average molecular weight is 649 g/mol. The molecule has 16 heteroatoms. The van der Waals surface area contributed by atoms with Gasteiger partial charge in [0.15, 0.2) is 18.1 Å². The molecule has 0 bridgehead atoms. The topological polar surface area (TPSA) is 121 Å². The van der Waals surface area contributed by atoms with E-state index in [1.165, 1.54) is 18.2 Å². The molecule has 0 aliphatic heterocycles. The standard InChI is InChI=1S/C28H31ClF6N6O3/c1-27(2,3)25(43)36-11-13-4-9-17(29)21(20(13)32)39-26-38-18-10-16(24(40-22(18)41-26)44-12-19(30)31)23(42)37-15-7-5-14(6-8-15)28(33,34)35/h4,9-10,14-15,19H,5-8,11-12H2,1-3H3,(H,36,43)(H,37,42)(H2,38,39,40,41)/t14-,15-. The fourth-order valence-electron chi connectivity index (χ4n) is 4.63. The summed E-state index contributed by atoms with van der Waals surface area (Å²) in [5.74, 6) is -3.80. The molecule has 1 saturated carbocycles. The number of pyridine rings is 1. The lowest BCUT2D eigenvalue weighted by Crippen LogP contribution is -2.40. The summed E-state index contributed by atoms with van der Waals surface area (Å²) in [4.78, 5) is 36.4. The predicted molar refractivity (Wildman–Crippen MR) is 151 cm³/mol. The molecule has 4 N–H and O–H groups in total. The molecule has 2 heterocycles. The molecule has 4 rings (SSSR count). The maximum Gasteiger partial charge on any atom is 0.391 e. The molecular weight excluding hydrogens is 618 g/mol. The number of ether oxygens (including phenoxy) is 1. The van der Waals surface area contributed by atoms with Crippen LogP contribution >= 0.6 is 11.6 Å². The average Bonchev–Trinajstić information content (AvgIpc) is 3.33. The number of carbonyl (C=O) groups excluding carboxylic acids is 2. The van der Waals surface area contributed by atoms with Crippen LogP contribution in [-0.2, 0) is 11.3 Å². The lowest BCUT2D eigenvalue weighted by molar-refractivity contribution is -0.182. The fourth-order valence-corrected chi connectivity index (χ4v) is 4.83. The van der Waals surface area contributed by atoms with Gasteiger partial charge < -0.3 is 25.7 Å². The zero-order valence-electron chi connectivity index (χ0n) is 24.0. The molecular formula is C28H31ClF6N6O3. The van der Waals surface area contributed by atoms with E-state index in [0.29, 0.717) is 0 Å². The number of hydrogen-bond donors (Lipinski definition) is 4. The molecule has 1 aliphatic carbocycles. The summed E-state index contributed by atoms with van der Waals surface area (Å²) >= 11 is 6.22. The maximum absolute atomic E-state index is 15.4. The first-order chi connectivity index (χ1) is 20.5. The molecule has 0 radical (unpaired) electrons. The molecule has 1 fully saturated rings. The Hall–Kier alpha value is -3.75. The number of H-pyrrole nitrogens is 1. The monoisotopic (exact) mass is 648 g/mol. The van der Waals surface area contributed by atoms with Crippen LogP contribution in [-0.4, -0.2) is 52.0 Å². The molecule has 0 atom stereocenters. The van der Waals surface area contributed by atoms with Gasteiger partial charge in [0.1, 0.15) is 5.56 Å². The smallest absolute Gasteiger partial charge is 0.391 e. The third kappa shape index (κ3) is 8.04. The van der Waals surface area contributed by atoms with Crippen LogP contribution in [0.1, 0.15) is 62.4 Å². The van der Waals surface area contributed by atoms with Crippen LogP contribution in [0.5, 0.6) is 5.88 Å². The number of nitrogens with zero attached hydrogens (tertiary/aromatic N) is 2. The Labute approximate surface area is 253 Å². The minimum atomic E-state index is -4.32. The largest absolute Gasteiger partial charge is 0.471 e. The molecule has 1 aromatic carbocycles. The lowest BCUT2D eigenvalue weighted by atomic mass is 9.85. The highest BCUT2D eigenvalue weighted by molar-refractivity contribution is 6.33. The number of benzene rings is 1. The van der Waals surface area contributed by atoms with Gasteiger partial charge in [0.25, 0.3) is 12.3 Å². The summed E-state index contributed by atoms with van der Waals surface area (Å²) in [5, 5.41) is 7.99. The Morgan fingerprint density at radius 1 is 1.11 bits per heavy atom. The quantitative estimate of drug-likeness (QED) is 0.193. The minimum Gasteiger partial charge on any atom is -0.471 e. The Kier molecular flexibility index (Phi) is 9.86. The number of hydrogen-bond acceptors (Lipinski definition) is 6. The molecule has 3 aromatic rings. The summed E-state index contributed by atoms with van der Waals surface area (Å²) in [7, 11) is 0. The third-order valence-electron chi connectivity index (χ3n) is 7.09. The van der Waals surface area contributed by atoms with Gasteiger partial charge >= 0.3 is 6.18 Å². The second-order valence-electron chi connectivity index (χ2n) is 11.5.